The summed E-state index contributed by atoms with van der Waals surface area (Å²) in [5.74, 6) is -8.03. The Bertz CT molecular complexity index is 5030. The molecule has 36 nitrogen and oxygen atoms in total. The fourth-order valence-electron chi connectivity index (χ4n) is 14.5. The number of aromatic hydroxyl groups is 4. The van der Waals surface area contributed by atoms with E-state index in [1.807, 2.05) is 43.9 Å². The number of H-pyrrole nitrogens is 1. The Kier molecular flexibility index (Phi) is 32.7. The molecule has 2 aromatic heterocycles. The zero-order chi connectivity index (χ0) is 86.4. The molecule has 18 N–H and O–H groups in total. The van der Waals surface area contributed by atoms with Crippen molar-refractivity contribution >= 4 is 82.1 Å². The second-order valence-corrected chi connectivity index (χ2v) is 30.2. The van der Waals surface area contributed by atoms with Crippen molar-refractivity contribution in [2.75, 3.05) is 130 Å². The Morgan fingerprint density at radius 1 is 0.434 bits per heavy atom. The zero-order valence-electron chi connectivity index (χ0n) is 68.1. The lowest BCUT2D eigenvalue weighted by molar-refractivity contribution is -0.122. The number of imidazole rings is 1. The van der Waals surface area contributed by atoms with Crippen LogP contribution in [0.4, 0.5) is 5.95 Å². The van der Waals surface area contributed by atoms with Crippen LogP contribution in [0.2, 0.25) is 0 Å². The number of hydrogen-bond acceptors (Lipinski definition) is 24. The third-order valence-corrected chi connectivity index (χ3v) is 21.3. The van der Waals surface area contributed by atoms with Gasteiger partial charge in [-0.15, -0.1) is 0 Å². The predicted octanol–water partition coefficient (Wildman–Crippen LogP) is 3.15. The van der Waals surface area contributed by atoms with Crippen LogP contribution >= 0.6 is 0 Å². The first-order chi connectivity index (χ1) is 59.0. The maximum atomic E-state index is 14.7. The SMILES string of the molecule is CC1CN2CCNC(=O)c3cccc(c3O)C(=O)NCCN(CCNC(=O)c3cccc(c3O)C(=O)N1)CCN1CCNC(=O)c3cccc(c3O)C(=O)NCCN(CC2)CC(CCCCNC(=O)CCCCCCC(=O)NCc2ccc(C(=O)NCc3ccc(COc4nc(N)nc5[nH]cnc45)cc3)cc2)NC(=O)c2cccc(c2O)C(=O)NCC1. The molecule has 11 amide bonds. The average Bonchev–Trinajstić information content (AvgIpc) is 1.54. The minimum absolute atomic E-state index is 0.00595. The molecule has 6 atom stereocenters. The number of nitrogens with zero attached hydrogens (tertiary/aromatic N) is 7. The standard InChI is InChI=1S/C86H106N20O16/c1-54-50-105-42-36-93-79(116)62-15-8-13-60(71(62)109)77(114)89-32-38-103(40-34-91-81(118)64-17-10-19-66(73(64)111)83(120)99-54)44-45-104-39-33-90-78(115)61-14-9-16-63(72(61)110)80(117)94-37-43-106(47-46-105)51-59(100-84(121)67-20-11-18-65(74(67)112)82(119)92-35-41-104)12-6-7-31-88-68(107)21-4-2-3-5-22-69(108)95-48-56-27-29-58(30-28-56)76(113)96-49-55-23-25-57(26-24-55)52-122-85-70-75(98-53-97-70)101-86(87)102-85/h8-11,13-20,23-30,53-54,59,109-112H,2-7,12,21-22,31-52H2,1H3,(H,88,107)(H,89,114)(H,90,115)(H,91,118)(H,92,119)(H,93,116)(H,94,117)(H,95,108)(H,96,113)(H,99,120)(H,100,121)(H3,87,97,98,101,102). The fourth-order valence-corrected chi connectivity index (χ4v) is 14.5. The number of phenols is 4. The van der Waals surface area contributed by atoms with Crippen LogP contribution in [0.25, 0.3) is 11.2 Å². The number of benzene rings is 6. The first-order valence-electron chi connectivity index (χ1n) is 41.1. The molecule has 36 heteroatoms. The van der Waals surface area contributed by atoms with E-state index in [4.69, 9.17) is 10.5 Å². The van der Waals surface area contributed by atoms with Gasteiger partial charge >= 0.3 is 0 Å². The van der Waals surface area contributed by atoms with Gasteiger partial charge in [0.2, 0.25) is 23.6 Å². The molecular weight excluding hydrogens is 1570 g/mol. The van der Waals surface area contributed by atoms with E-state index >= 15 is 0 Å². The quantitative estimate of drug-likeness (QED) is 0.0487. The van der Waals surface area contributed by atoms with Crippen LogP contribution in [0, 0.1) is 0 Å². The van der Waals surface area contributed by atoms with Gasteiger partial charge in [0.05, 0.1) is 50.8 Å². The summed E-state index contributed by atoms with van der Waals surface area (Å²) in [6, 6.07) is 30.1. The predicted molar refractivity (Wildman–Crippen MR) is 451 cm³/mol. The lowest BCUT2D eigenvalue weighted by Gasteiger charge is -2.32. The maximum absolute atomic E-state index is 14.7. The van der Waals surface area contributed by atoms with Crippen LogP contribution in [0.5, 0.6) is 28.9 Å². The van der Waals surface area contributed by atoms with Gasteiger partial charge in [-0.25, -0.2) is 4.98 Å². The summed E-state index contributed by atoms with van der Waals surface area (Å²) < 4.78 is 5.87. The smallest absolute Gasteiger partial charge is 0.255 e. The van der Waals surface area contributed by atoms with Crippen LogP contribution in [-0.2, 0) is 29.3 Å². The highest BCUT2D eigenvalue weighted by Gasteiger charge is 2.29. The Labute approximate surface area is 704 Å². The molecule has 0 radical (unpaired) electrons. The van der Waals surface area contributed by atoms with E-state index in [1.54, 1.807) is 31.2 Å². The minimum Gasteiger partial charge on any atom is -0.506 e. The Morgan fingerprint density at radius 2 is 0.820 bits per heavy atom. The van der Waals surface area contributed by atoms with Gasteiger partial charge in [-0.3, -0.25) is 72.3 Å². The average molecular weight is 1680 g/mol. The minimum atomic E-state index is -0.736. The number of aromatic amines is 1. The summed E-state index contributed by atoms with van der Waals surface area (Å²) in [4.78, 5) is 175. The second-order valence-electron chi connectivity index (χ2n) is 30.2. The molecule has 12 rings (SSSR count). The van der Waals surface area contributed by atoms with Crippen LogP contribution in [-0.4, -0.2) is 261 Å². The number of carbonyl (C=O) groups excluding carboxylic acids is 11. The fraction of sp³-hybridized carbons (Fsp3) is 0.395. The molecule has 0 saturated carbocycles. The molecular formula is C86H106N20O16. The van der Waals surface area contributed by atoms with E-state index in [0.29, 0.717) is 68.2 Å². The van der Waals surface area contributed by atoms with E-state index in [9.17, 15) is 73.2 Å². The van der Waals surface area contributed by atoms with Crippen molar-refractivity contribution in [1.82, 2.24) is 98.0 Å². The Balaban J connectivity index is 0.739. The molecule has 0 aliphatic carbocycles. The molecule has 12 bridgehead atoms. The number of phenolic OH excluding ortho intramolecular Hbond substituents is 4. The molecule has 122 heavy (non-hydrogen) atoms. The number of fused-ring (bicyclic) bond motifs is 17. The highest BCUT2D eigenvalue weighted by atomic mass is 16.5. The van der Waals surface area contributed by atoms with Gasteiger partial charge in [0, 0.05) is 168 Å². The van der Waals surface area contributed by atoms with E-state index in [-0.39, 0.29) is 224 Å². The van der Waals surface area contributed by atoms with Crippen molar-refractivity contribution in [1.29, 1.82) is 0 Å². The summed E-state index contributed by atoms with van der Waals surface area (Å²) in [5, 5.41) is 78.6. The molecule has 0 fully saturated rings. The monoisotopic (exact) mass is 1670 g/mol. The largest absolute Gasteiger partial charge is 0.506 e. The molecule has 4 aliphatic rings. The first-order valence-corrected chi connectivity index (χ1v) is 41.1. The molecule has 646 valence electrons. The summed E-state index contributed by atoms with van der Waals surface area (Å²) in [7, 11) is 0. The van der Waals surface area contributed by atoms with Gasteiger partial charge in [0.1, 0.15) is 29.6 Å². The Morgan fingerprint density at radius 3 is 1.28 bits per heavy atom. The van der Waals surface area contributed by atoms with Gasteiger partial charge in [0.25, 0.3) is 53.2 Å². The molecule has 0 spiro atoms. The third-order valence-electron chi connectivity index (χ3n) is 21.3. The molecule has 8 aromatic rings. The topological polar surface area (TPSA) is 504 Å². The third kappa shape index (κ3) is 25.9. The highest BCUT2D eigenvalue weighted by molar-refractivity contribution is 6.07. The number of ether oxygens (including phenoxy) is 1. The molecule has 6 unspecified atom stereocenters. The van der Waals surface area contributed by atoms with E-state index < -0.39 is 82.3 Å². The molecule has 6 aromatic carbocycles. The summed E-state index contributed by atoms with van der Waals surface area (Å²) in [6.07, 6.45) is 5.82. The van der Waals surface area contributed by atoms with Gasteiger partial charge in [-0.05, 0) is 116 Å². The highest BCUT2D eigenvalue weighted by Crippen LogP contribution is 2.28. The van der Waals surface area contributed by atoms with Crippen LogP contribution in [0.1, 0.15) is 175 Å². The van der Waals surface area contributed by atoms with Crippen molar-refractivity contribution in [2.45, 2.75) is 96.5 Å². The number of nitrogen functional groups attached to an aromatic ring is 1. The molecule has 4 aliphatic heterocycles. The van der Waals surface area contributed by atoms with Crippen molar-refractivity contribution in [2.24, 2.45) is 0 Å². The lowest BCUT2D eigenvalue weighted by Crippen LogP contribution is -2.50. The van der Waals surface area contributed by atoms with Crippen LogP contribution in [0.3, 0.4) is 0 Å². The summed E-state index contributed by atoms with van der Waals surface area (Å²) >= 11 is 0. The lowest BCUT2D eigenvalue weighted by atomic mass is 10.0. The molecule has 6 heterocycles. The van der Waals surface area contributed by atoms with Crippen molar-refractivity contribution in [3.63, 3.8) is 0 Å². The summed E-state index contributed by atoms with van der Waals surface area (Å²) in [5.41, 5.74) is 8.35. The number of aromatic nitrogens is 4. The number of para-hydroxylation sites is 4. The molecule has 0 saturated heterocycles. The number of amides is 11. The number of rotatable bonds is 20. The second kappa shape index (κ2) is 44.6. The van der Waals surface area contributed by atoms with Crippen molar-refractivity contribution < 1.29 is 77.9 Å². The Hall–Kier alpha value is -13.3. The maximum Gasteiger partial charge on any atom is 0.255 e. The number of anilines is 1. The van der Waals surface area contributed by atoms with Gasteiger partial charge < -0.3 is 94.4 Å². The summed E-state index contributed by atoms with van der Waals surface area (Å²) in [6.45, 7) is 4.33. The van der Waals surface area contributed by atoms with Crippen LogP contribution in [0.15, 0.2) is 128 Å². The van der Waals surface area contributed by atoms with Crippen molar-refractivity contribution in [3.8, 4) is 28.9 Å². The van der Waals surface area contributed by atoms with Crippen molar-refractivity contribution in [3.05, 3.63) is 194 Å². The van der Waals surface area contributed by atoms with E-state index in [1.165, 1.54) is 79.1 Å². The van der Waals surface area contributed by atoms with Crippen LogP contribution < -0.4 is 69.0 Å². The number of hydrogen-bond donors (Lipinski definition) is 17. The first kappa shape index (κ1) is 89.5. The van der Waals surface area contributed by atoms with Gasteiger partial charge in [-0.2, -0.15) is 9.97 Å². The zero-order valence-corrected chi connectivity index (χ0v) is 68.1. The van der Waals surface area contributed by atoms with Gasteiger partial charge in [0.15, 0.2) is 11.2 Å². The van der Waals surface area contributed by atoms with Gasteiger partial charge in [-0.1, -0.05) is 73.5 Å². The number of nitrogens with two attached hydrogens (primary N) is 1. The van der Waals surface area contributed by atoms with E-state index in [2.05, 4.69) is 78.4 Å². The normalized spacial score (nSPS) is 19.1. The number of nitrogens with one attached hydrogen (secondary N) is 12. The van der Waals surface area contributed by atoms with E-state index in [0.717, 1.165) is 16.7 Å². The number of carbonyl (C=O) groups is 11. The number of unbranched alkanes of at least 4 members (excludes halogenated alkanes) is 4.